The minimum Gasteiger partial charge on any atom is -0.369 e. The van der Waals surface area contributed by atoms with Gasteiger partial charge in [-0.25, -0.2) is 4.98 Å². The fraction of sp³-hybridized carbons (Fsp3) is 0.200. The van der Waals surface area contributed by atoms with E-state index in [0.29, 0.717) is 5.95 Å². The highest BCUT2D eigenvalue weighted by Crippen LogP contribution is 2.21. The van der Waals surface area contributed by atoms with Crippen LogP contribution in [0.2, 0.25) is 0 Å². The third kappa shape index (κ3) is 1.41. The van der Waals surface area contributed by atoms with Crippen molar-refractivity contribution in [2.75, 3.05) is 17.7 Å². The molecule has 0 aliphatic heterocycles. The van der Waals surface area contributed by atoms with Gasteiger partial charge in [0.25, 0.3) is 0 Å². The van der Waals surface area contributed by atoms with Gasteiger partial charge in [0, 0.05) is 19.8 Å². The number of fused-ring (bicyclic) bond motifs is 1. The summed E-state index contributed by atoms with van der Waals surface area (Å²) < 4.78 is 1.81. The Labute approximate surface area is 87.1 Å². The van der Waals surface area contributed by atoms with E-state index in [1.807, 2.05) is 25.2 Å². The number of rotatable bonds is 2. The SMILES string of the molecule is CN(C=O)c1ccc2c(c1)nc(N)n2C. The van der Waals surface area contributed by atoms with Gasteiger partial charge in [-0.05, 0) is 18.2 Å². The number of carbonyl (C=O) groups is 1. The zero-order chi connectivity index (χ0) is 11.0. The first-order chi connectivity index (χ1) is 7.13. The van der Waals surface area contributed by atoms with Crippen LogP contribution in [0.25, 0.3) is 11.0 Å². The van der Waals surface area contributed by atoms with Crippen LogP contribution in [0.4, 0.5) is 11.6 Å². The Morgan fingerprint density at radius 3 is 2.93 bits per heavy atom. The lowest BCUT2D eigenvalue weighted by Crippen LogP contribution is -2.13. The van der Waals surface area contributed by atoms with Crippen molar-refractivity contribution in [1.82, 2.24) is 9.55 Å². The monoisotopic (exact) mass is 204 g/mol. The van der Waals surface area contributed by atoms with Crippen molar-refractivity contribution < 1.29 is 4.79 Å². The van der Waals surface area contributed by atoms with Gasteiger partial charge in [0.1, 0.15) is 0 Å². The average Bonchev–Trinajstić information content (AvgIpc) is 2.53. The predicted octanol–water partition coefficient (Wildman–Crippen LogP) is 0.748. The van der Waals surface area contributed by atoms with Crippen molar-refractivity contribution >= 4 is 29.1 Å². The number of amides is 1. The number of nitrogens with two attached hydrogens (primary N) is 1. The van der Waals surface area contributed by atoms with E-state index in [-0.39, 0.29) is 0 Å². The van der Waals surface area contributed by atoms with Gasteiger partial charge in [-0.15, -0.1) is 0 Å². The van der Waals surface area contributed by atoms with E-state index in [1.54, 1.807) is 11.6 Å². The topological polar surface area (TPSA) is 64.2 Å². The number of carbonyl (C=O) groups excluding carboxylic acids is 1. The molecule has 0 fully saturated rings. The molecule has 5 nitrogen and oxygen atoms in total. The maximum atomic E-state index is 10.6. The summed E-state index contributed by atoms with van der Waals surface area (Å²) in [7, 11) is 3.55. The van der Waals surface area contributed by atoms with Gasteiger partial charge in [0.05, 0.1) is 11.0 Å². The molecule has 0 aliphatic carbocycles. The van der Waals surface area contributed by atoms with Crippen molar-refractivity contribution in [2.45, 2.75) is 0 Å². The van der Waals surface area contributed by atoms with E-state index < -0.39 is 0 Å². The predicted molar refractivity (Wildman–Crippen MR) is 59.6 cm³/mol. The van der Waals surface area contributed by atoms with E-state index >= 15 is 0 Å². The minimum atomic E-state index is 0.468. The van der Waals surface area contributed by atoms with Crippen molar-refractivity contribution in [3.8, 4) is 0 Å². The molecule has 0 saturated carbocycles. The molecule has 1 amide bonds. The highest BCUT2D eigenvalue weighted by molar-refractivity contribution is 5.85. The molecule has 1 heterocycles. The van der Waals surface area contributed by atoms with Gasteiger partial charge in [-0.1, -0.05) is 0 Å². The average molecular weight is 204 g/mol. The molecule has 0 unspecified atom stereocenters. The molecule has 2 rings (SSSR count). The molecule has 0 atom stereocenters. The van der Waals surface area contributed by atoms with Crippen molar-refractivity contribution in [1.29, 1.82) is 0 Å². The molecule has 78 valence electrons. The largest absolute Gasteiger partial charge is 0.369 e. The Kier molecular flexibility index (Phi) is 2.07. The quantitative estimate of drug-likeness (QED) is 0.734. The van der Waals surface area contributed by atoms with Gasteiger partial charge in [-0.3, -0.25) is 4.79 Å². The fourth-order valence-corrected chi connectivity index (χ4v) is 1.49. The van der Waals surface area contributed by atoms with E-state index in [2.05, 4.69) is 4.98 Å². The molecule has 2 aromatic rings. The lowest BCUT2D eigenvalue weighted by Gasteiger charge is -2.09. The number of nitrogens with zero attached hydrogens (tertiary/aromatic N) is 3. The van der Waals surface area contributed by atoms with Crippen molar-refractivity contribution in [3.05, 3.63) is 18.2 Å². The second-order valence-electron chi connectivity index (χ2n) is 3.42. The fourth-order valence-electron chi connectivity index (χ4n) is 1.49. The standard InChI is InChI=1S/C10H12N4O/c1-13(6-15)7-3-4-9-8(5-7)12-10(11)14(9)2/h3-6H,1-2H3,(H2,11,12). The molecule has 1 aromatic heterocycles. The molecule has 0 spiro atoms. The third-order valence-corrected chi connectivity index (χ3v) is 2.46. The van der Waals surface area contributed by atoms with Gasteiger partial charge in [0.2, 0.25) is 12.4 Å². The smallest absolute Gasteiger partial charge is 0.213 e. The van der Waals surface area contributed by atoms with Crippen LogP contribution in [0.1, 0.15) is 0 Å². The number of aromatic nitrogens is 2. The van der Waals surface area contributed by atoms with Gasteiger partial charge < -0.3 is 15.2 Å². The highest BCUT2D eigenvalue weighted by Gasteiger charge is 2.06. The molecule has 2 N–H and O–H groups in total. The zero-order valence-corrected chi connectivity index (χ0v) is 8.64. The van der Waals surface area contributed by atoms with Crippen LogP contribution in [-0.4, -0.2) is 23.0 Å². The molecular weight excluding hydrogens is 192 g/mol. The second kappa shape index (κ2) is 3.27. The first kappa shape index (κ1) is 9.51. The van der Waals surface area contributed by atoms with E-state index in [9.17, 15) is 4.79 Å². The van der Waals surface area contributed by atoms with Crippen LogP contribution < -0.4 is 10.6 Å². The molecular formula is C10H12N4O. The Balaban J connectivity index is 2.61. The van der Waals surface area contributed by atoms with E-state index in [4.69, 9.17) is 5.73 Å². The second-order valence-corrected chi connectivity index (χ2v) is 3.42. The van der Waals surface area contributed by atoms with Crippen LogP contribution in [0.3, 0.4) is 0 Å². The zero-order valence-electron chi connectivity index (χ0n) is 8.64. The molecule has 0 radical (unpaired) electrons. The third-order valence-electron chi connectivity index (χ3n) is 2.46. The summed E-state index contributed by atoms with van der Waals surface area (Å²) in [6.45, 7) is 0. The summed E-state index contributed by atoms with van der Waals surface area (Å²) in [4.78, 5) is 16.3. The highest BCUT2D eigenvalue weighted by atomic mass is 16.1. The number of hydrogen-bond acceptors (Lipinski definition) is 3. The summed E-state index contributed by atoms with van der Waals surface area (Å²) in [6.07, 6.45) is 0.757. The lowest BCUT2D eigenvalue weighted by atomic mass is 10.2. The maximum Gasteiger partial charge on any atom is 0.213 e. The normalized spacial score (nSPS) is 10.5. The summed E-state index contributed by atoms with van der Waals surface area (Å²) in [5.74, 6) is 0.468. The van der Waals surface area contributed by atoms with Gasteiger partial charge in [-0.2, -0.15) is 0 Å². The lowest BCUT2D eigenvalue weighted by molar-refractivity contribution is -0.107. The molecule has 0 saturated heterocycles. The van der Waals surface area contributed by atoms with Crippen molar-refractivity contribution in [3.63, 3.8) is 0 Å². The Hall–Kier alpha value is -2.04. The van der Waals surface area contributed by atoms with E-state index in [0.717, 1.165) is 23.1 Å². The van der Waals surface area contributed by atoms with Gasteiger partial charge in [0.15, 0.2) is 0 Å². The van der Waals surface area contributed by atoms with Crippen LogP contribution in [0, 0.1) is 0 Å². The number of hydrogen-bond donors (Lipinski definition) is 1. The number of benzene rings is 1. The minimum absolute atomic E-state index is 0.468. The summed E-state index contributed by atoms with van der Waals surface area (Å²) in [5, 5.41) is 0. The van der Waals surface area contributed by atoms with E-state index in [1.165, 1.54) is 4.90 Å². The number of nitrogen functional groups attached to an aromatic ring is 1. The van der Waals surface area contributed by atoms with Crippen LogP contribution in [0.5, 0.6) is 0 Å². The summed E-state index contributed by atoms with van der Waals surface area (Å²) in [6, 6.07) is 5.59. The Morgan fingerprint density at radius 1 is 1.53 bits per heavy atom. The Bertz CT molecular complexity index is 517. The molecule has 1 aromatic carbocycles. The number of aryl methyl sites for hydroxylation is 1. The van der Waals surface area contributed by atoms with Crippen LogP contribution in [0.15, 0.2) is 18.2 Å². The molecule has 15 heavy (non-hydrogen) atoms. The van der Waals surface area contributed by atoms with Crippen molar-refractivity contribution in [2.24, 2.45) is 7.05 Å². The molecule has 0 aliphatic rings. The number of imidazole rings is 1. The molecule has 5 heteroatoms. The molecule has 0 bridgehead atoms. The number of anilines is 2. The summed E-state index contributed by atoms with van der Waals surface area (Å²) in [5.41, 5.74) is 8.23. The Morgan fingerprint density at radius 2 is 2.27 bits per heavy atom. The maximum absolute atomic E-state index is 10.6. The summed E-state index contributed by atoms with van der Waals surface area (Å²) >= 11 is 0. The van der Waals surface area contributed by atoms with Gasteiger partial charge >= 0.3 is 0 Å². The first-order valence-corrected chi connectivity index (χ1v) is 4.53. The van der Waals surface area contributed by atoms with Crippen LogP contribution >= 0.6 is 0 Å². The first-order valence-electron chi connectivity index (χ1n) is 4.53. The van der Waals surface area contributed by atoms with Crippen LogP contribution in [-0.2, 0) is 11.8 Å².